The molecule has 2 unspecified atom stereocenters. The lowest BCUT2D eigenvalue weighted by molar-refractivity contribution is -0.140. The van der Waals surface area contributed by atoms with E-state index in [2.05, 4.69) is 15.6 Å². The number of rotatable bonds is 7. The van der Waals surface area contributed by atoms with E-state index in [-0.39, 0.29) is 23.4 Å². The molecule has 0 aromatic carbocycles. The summed E-state index contributed by atoms with van der Waals surface area (Å²) in [5.41, 5.74) is 0.0959. The molecule has 1 aromatic heterocycles. The number of hydrogen-bond donors (Lipinski definition) is 3. The number of carboxylic acids is 1. The first-order valence-electron chi connectivity index (χ1n) is 7.06. The summed E-state index contributed by atoms with van der Waals surface area (Å²) >= 11 is 1.12. The Morgan fingerprint density at radius 3 is 2.45 bits per heavy atom. The first-order chi connectivity index (χ1) is 10.3. The average Bonchev–Trinajstić information content (AvgIpc) is 2.91. The Labute approximate surface area is 133 Å². The molecule has 0 bridgehead atoms. The Balaban J connectivity index is 2.76. The van der Waals surface area contributed by atoms with E-state index in [1.54, 1.807) is 20.8 Å². The predicted molar refractivity (Wildman–Crippen MR) is 83.9 cm³/mol. The molecule has 0 fully saturated rings. The Bertz CT molecular complexity index is 556. The Morgan fingerprint density at radius 1 is 1.32 bits per heavy atom. The van der Waals surface area contributed by atoms with E-state index in [0.717, 1.165) is 11.3 Å². The SMILES string of the molecule is CCC(C)C(NC(=O)c1csc(NC(=O)C(C)C)n1)C(=O)O. The molecular formula is C14H21N3O4S. The molecule has 0 saturated heterocycles. The van der Waals surface area contributed by atoms with Crippen LogP contribution in [0.5, 0.6) is 0 Å². The zero-order valence-corrected chi connectivity index (χ0v) is 13.9. The lowest BCUT2D eigenvalue weighted by Gasteiger charge is -2.19. The van der Waals surface area contributed by atoms with E-state index in [9.17, 15) is 14.4 Å². The Hall–Kier alpha value is -1.96. The van der Waals surface area contributed by atoms with Crippen LogP contribution in [0.4, 0.5) is 5.13 Å². The highest BCUT2D eigenvalue weighted by Gasteiger charge is 2.26. The molecule has 0 aliphatic carbocycles. The van der Waals surface area contributed by atoms with Crippen LogP contribution in [-0.2, 0) is 9.59 Å². The van der Waals surface area contributed by atoms with E-state index in [1.165, 1.54) is 5.38 Å². The van der Waals surface area contributed by atoms with Gasteiger partial charge in [-0.05, 0) is 5.92 Å². The fraction of sp³-hybridized carbons (Fsp3) is 0.571. The summed E-state index contributed by atoms with van der Waals surface area (Å²) in [7, 11) is 0. The van der Waals surface area contributed by atoms with Crippen molar-refractivity contribution < 1.29 is 19.5 Å². The standard InChI is InChI=1S/C14H21N3O4S/c1-5-8(4)10(13(20)21)16-12(19)9-6-22-14(15-9)17-11(18)7(2)3/h6-8,10H,5H2,1-4H3,(H,16,19)(H,20,21)(H,15,17,18). The first-order valence-corrected chi connectivity index (χ1v) is 7.94. The number of aromatic nitrogens is 1. The highest BCUT2D eigenvalue weighted by Crippen LogP contribution is 2.17. The maximum atomic E-state index is 12.1. The normalized spacial score (nSPS) is 13.5. The van der Waals surface area contributed by atoms with Crippen LogP contribution in [0.1, 0.15) is 44.6 Å². The van der Waals surface area contributed by atoms with Gasteiger partial charge in [0.2, 0.25) is 5.91 Å². The van der Waals surface area contributed by atoms with Crippen molar-refractivity contribution in [2.75, 3.05) is 5.32 Å². The summed E-state index contributed by atoms with van der Waals surface area (Å²) < 4.78 is 0. The number of carbonyl (C=O) groups is 3. The third kappa shape index (κ3) is 4.80. The van der Waals surface area contributed by atoms with Crippen molar-refractivity contribution in [3.63, 3.8) is 0 Å². The van der Waals surface area contributed by atoms with Gasteiger partial charge in [-0.25, -0.2) is 9.78 Å². The van der Waals surface area contributed by atoms with Crippen molar-refractivity contribution in [2.45, 2.75) is 40.2 Å². The Morgan fingerprint density at radius 2 is 1.95 bits per heavy atom. The van der Waals surface area contributed by atoms with Gasteiger partial charge in [0, 0.05) is 11.3 Å². The number of carboxylic acid groups (broad SMARTS) is 1. The number of aliphatic carboxylic acids is 1. The summed E-state index contributed by atoms with van der Waals surface area (Å²) in [6.45, 7) is 7.11. The summed E-state index contributed by atoms with van der Waals surface area (Å²) in [5, 5.41) is 16.0. The molecule has 0 saturated carbocycles. The van der Waals surface area contributed by atoms with Gasteiger partial charge in [0.1, 0.15) is 11.7 Å². The fourth-order valence-electron chi connectivity index (χ4n) is 1.58. The monoisotopic (exact) mass is 327 g/mol. The van der Waals surface area contributed by atoms with Crippen molar-refractivity contribution in [1.82, 2.24) is 10.3 Å². The van der Waals surface area contributed by atoms with Crippen LogP contribution < -0.4 is 10.6 Å². The average molecular weight is 327 g/mol. The molecule has 7 nitrogen and oxygen atoms in total. The van der Waals surface area contributed by atoms with Crippen LogP contribution in [0.15, 0.2) is 5.38 Å². The third-order valence-electron chi connectivity index (χ3n) is 3.26. The van der Waals surface area contributed by atoms with Crippen LogP contribution in [0.25, 0.3) is 0 Å². The van der Waals surface area contributed by atoms with Gasteiger partial charge in [-0.1, -0.05) is 34.1 Å². The van der Waals surface area contributed by atoms with Crippen molar-refractivity contribution in [2.24, 2.45) is 11.8 Å². The lowest BCUT2D eigenvalue weighted by Crippen LogP contribution is -2.45. The zero-order chi connectivity index (χ0) is 16.9. The van der Waals surface area contributed by atoms with Crippen LogP contribution in [0.2, 0.25) is 0 Å². The van der Waals surface area contributed by atoms with Crippen LogP contribution >= 0.6 is 11.3 Å². The summed E-state index contributed by atoms with van der Waals surface area (Å²) in [6.07, 6.45) is 0.629. The second-order valence-corrected chi connectivity index (χ2v) is 6.21. The van der Waals surface area contributed by atoms with Gasteiger partial charge in [-0.2, -0.15) is 0 Å². The van der Waals surface area contributed by atoms with Gasteiger partial charge in [-0.15, -0.1) is 11.3 Å². The number of amides is 2. The van der Waals surface area contributed by atoms with Crippen LogP contribution in [0, 0.1) is 11.8 Å². The summed E-state index contributed by atoms with van der Waals surface area (Å²) in [4.78, 5) is 38.8. The smallest absolute Gasteiger partial charge is 0.326 e. The number of nitrogens with one attached hydrogen (secondary N) is 2. The van der Waals surface area contributed by atoms with Crippen molar-refractivity contribution >= 4 is 34.3 Å². The molecule has 2 amide bonds. The van der Waals surface area contributed by atoms with E-state index in [0.29, 0.717) is 11.6 Å². The maximum Gasteiger partial charge on any atom is 0.326 e. The van der Waals surface area contributed by atoms with Crippen molar-refractivity contribution in [1.29, 1.82) is 0 Å². The van der Waals surface area contributed by atoms with E-state index in [4.69, 9.17) is 5.11 Å². The predicted octanol–water partition coefficient (Wildman–Crippen LogP) is 1.97. The second-order valence-electron chi connectivity index (χ2n) is 5.36. The molecule has 1 heterocycles. The second kappa shape index (κ2) is 7.88. The third-order valence-corrected chi connectivity index (χ3v) is 4.01. The topological polar surface area (TPSA) is 108 Å². The van der Waals surface area contributed by atoms with Gasteiger partial charge >= 0.3 is 5.97 Å². The molecule has 1 rings (SSSR count). The summed E-state index contributed by atoms with van der Waals surface area (Å²) in [6, 6.07) is -0.965. The molecular weight excluding hydrogens is 306 g/mol. The molecule has 122 valence electrons. The molecule has 0 aliphatic heterocycles. The fourth-order valence-corrected chi connectivity index (χ4v) is 2.28. The number of anilines is 1. The van der Waals surface area contributed by atoms with Gasteiger partial charge < -0.3 is 15.7 Å². The molecule has 22 heavy (non-hydrogen) atoms. The number of carbonyl (C=O) groups excluding carboxylic acids is 2. The van der Waals surface area contributed by atoms with Crippen LogP contribution in [-0.4, -0.2) is 33.9 Å². The number of hydrogen-bond acceptors (Lipinski definition) is 5. The zero-order valence-electron chi connectivity index (χ0n) is 13.0. The number of thiazole rings is 1. The molecule has 0 spiro atoms. The quantitative estimate of drug-likeness (QED) is 0.709. The molecule has 8 heteroatoms. The number of nitrogens with zero attached hydrogens (tertiary/aromatic N) is 1. The minimum absolute atomic E-state index is 0.0959. The van der Waals surface area contributed by atoms with Gasteiger partial charge in [-0.3, -0.25) is 9.59 Å². The van der Waals surface area contributed by atoms with E-state index < -0.39 is 17.9 Å². The van der Waals surface area contributed by atoms with Crippen molar-refractivity contribution in [3.8, 4) is 0 Å². The van der Waals surface area contributed by atoms with Gasteiger partial charge in [0.25, 0.3) is 5.91 Å². The molecule has 2 atom stereocenters. The first kappa shape index (κ1) is 18.1. The minimum atomic E-state index is -1.08. The van der Waals surface area contributed by atoms with Gasteiger partial charge in [0.15, 0.2) is 5.13 Å². The molecule has 3 N–H and O–H groups in total. The van der Waals surface area contributed by atoms with E-state index >= 15 is 0 Å². The molecule has 1 aromatic rings. The lowest BCUT2D eigenvalue weighted by atomic mass is 9.99. The van der Waals surface area contributed by atoms with Gasteiger partial charge in [0.05, 0.1) is 0 Å². The highest BCUT2D eigenvalue weighted by molar-refractivity contribution is 7.14. The van der Waals surface area contributed by atoms with E-state index in [1.807, 2.05) is 6.92 Å². The molecule has 0 radical (unpaired) electrons. The summed E-state index contributed by atoms with van der Waals surface area (Å²) in [5.74, 6) is -2.22. The van der Waals surface area contributed by atoms with Crippen LogP contribution in [0.3, 0.4) is 0 Å². The highest BCUT2D eigenvalue weighted by atomic mass is 32.1. The molecule has 0 aliphatic rings. The largest absolute Gasteiger partial charge is 0.480 e. The Kier molecular flexibility index (Phi) is 6.48. The minimum Gasteiger partial charge on any atom is -0.480 e. The van der Waals surface area contributed by atoms with Crippen molar-refractivity contribution in [3.05, 3.63) is 11.1 Å². The maximum absolute atomic E-state index is 12.1.